The maximum atomic E-state index is 4.90. The van der Waals surface area contributed by atoms with Crippen molar-refractivity contribution in [3.63, 3.8) is 0 Å². The van der Waals surface area contributed by atoms with Gasteiger partial charge in [-0.1, -0.05) is 121 Å². The monoisotopic (exact) mass is 415 g/mol. The van der Waals surface area contributed by atoms with E-state index in [0.29, 0.717) is 0 Å². The lowest BCUT2D eigenvalue weighted by Crippen LogP contribution is -2.07. The number of aromatic nitrogens is 1. The molecule has 148 valence electrons. The summed E-state index contributed by atoms with van der Waals surface area (Å²) < 4.78 is 2.19. The molecule has 0 saturated heterocycles. The van der Waals surface area contributed by atoms with Gasteiger partial charge in [0, 0.05) is 17.3 Å². The van der Waals surface area contributed by atoms with Crippen molar-refractivity contribution in [2.45, 2.75) is 0 Å². The fourth-order valence-electron chi connectivity index (χ4n) is 3.79. The molecule has 0 N–H and O–H groups in total. The summed E-state index contributed by atoms with van der Waals surface area (Å²) >= 11 is 1.74. The molecule has 1 nitrogen and oxygen atoms in total. The Kier molecular flexibility index (Phi) is 5.55. The van der Waals surface area contributed by atoms with E-state index in [1.54, 1.807) is 11.3 Å². The van der Waals surface area contributed by atoms with E-state index >= 15 is 0 Å². The Morgan fingerprint density at radius 1 is 0.452 bits per heavy atom. The second-order valence-electron chi connectivity index (χ2n) is 7.24. The molecule has 4 aromatic carbocycles. The predicted molar refractivity (Wildman–Crippen MR) is 130 cm³/mol. The summed E-state index contributed by atoms with van der Waals surface area (Å²) in [7, 11) is 0. The van der Waals surface area contributed by atoms with Crippen molar-refractivity contribution >= 4 is 22.5 Å². The predicted octanol–water partition coefficient (Wildman–Crippen LogP) is 5.64. The first-order valence-electron chi connectivity index (χ1n) is 10.3. The molecule has 2 heteroatoms. The normalized spacial score (nSPS) is 10.6. The minimum Gasteiger partial charge on any atom is -0.244 e. The highest BCUT2D eigenvalue weighted by Gasteiger charge is 2.11. The zero-order chi connectivity index (χ0) is 20.9. The SMILES string of the molecule is c1ccc(C(c2ccccc2)=c2cnc(=C(c3ccccc3)c3ccccc3)s2)cc1. The summed E-state index contributed by atoms with van der Waals surface area (Å²) in [6, 6.07) is 42.2. The standard InChI is InChI=1S/C29H21NS/c1-5-13-22(14-6-1)27(23-15-7-2-8-16-23)26-21-30-29(31-26)28(24-17-9-3-10-18-24)25-19-11-4-12-20-25/h1-21H. The molecular formula is C29H21NS. The number of hydrogen-bond acceptors (Lipinski definition) is 2. The van der Waals surface area contributed by atoms with Crippen LogP contribution in [0.1, 0.15) is 22.3 Å². The summed E-state index contributed by atoms with van der Waals surface area (Å²) in [6.07, 6.45) is 2.02. The van der Waals surface area contributed by atoms with Crippen molar-refractivity contribution in [3.8, 4) is 0 Å². The fraction of sp³-hybridized carbons (Fsp3) is 0. The molecule has 1 aromatic heterocycles. The molecule has 0 spiro atoms. The third kappa shape index (κ3) is 4.11. The molecule has 0 atom stereocenters. The number of benzene rings is 4. The van der Waals surface area contributed by atoms with Crippen molar-refractivity contribution in [3.05, 3.63) is 159 Å². The van der Waals surface area contributed by atoms with Gasteiger partial charge < -0.3 is 0 Å². The molecular weight excluding hydrogens is 394 g/mol. The van der Waals surface area contributed by atoms with E-state index < -0.39 is 0 Å². The van der Waals surface area contributed by atoms with E-state index in [-0.39, 0.29) is 0 Å². The second-order valence-corrected chi connectivity index (χ2v) is 8.27. The Hall–Kier alpha value is -3.75. The number of rotatable bonds is 4. The van der Waals surface area contributed by atoms with E-state index in [1.807, 2.05) is 6.20 Å². The van der Waals surface area contributed by atoms with E-state index in [1.165, 1.54) is 27.8 Å². The lowest BCUT2D eigenvalue weighted by Gasteiger charge is -2.07. The van der Waals surface area contributed by atoms with Gasteiger partial charge in [-0.05, 0) is 22.3 Å². The molecule has 5 aromatic rings. The van der Waals surface area contributed by atoms with Crippen LogP contribution in [0.15, 0.2) is 128 Å². The largest absolute Gasteiger partial charge is 0.244 e. The molecule has 5 rings (SSSR count). The third-order valence-electron chi connectivity index (χ3n) is 5.22. The van der Waals surface area contributed by atoms with Crippen molar-refractivity contribution in [2.24, 2.45) is 0 Å². The van der Waals surface area contributed by atoms with Crippen molar-refractivity contribution in [1.29, 1.82) is 0 Å². The summed E-state index contributed by atoms with van der Waals surface area (Å²) in [5, 5.41) is 0. The van der Waals surface area contributed by atoms with E-state index in [4.69, 9.17) is 4.98 Å². The van der Waals surface area contributed by atoms with Gasteiger partial charge in [-0.15, -0.1) is 11.3 Å². The van der Waals surface area contributed by atoms with Crippen molar-refractivity contribution in [1.82, 2.24) is 4.98 Å². The minimum atomic E-state index is 1.02. The van der Waals surface area contributed by atoms with E-state index in [0.717, 1.165) is 14.8 Å². The zero-order valence-corrected chi connectivity index (χ0v) is 17.8. The van der Waals surface area contributed by atoms with E-state index in [9.17, 15) is 0 Å². The minimum absolute atomic E-state index is 1.02. The van der Waals surface area contributed by atoms with Crippen LogP contribution in [0.25, 0.3) is 11.1 Å². The summed E-state index contributed by atoms with van der Waals surface area (Å²) in [6.45, 7) is 0. The third-order valence-corrected chi connectivity index (χ3v) is 6.25. The maximum Gasteiger partial charge on any atom is 0.125 e. The van der Waals surface area contributed by atoms with Gasteiger partial charge in [0.1, 0.15) is 4.66 Å². The smallest absolute Gasteiger partial charge is 0.125 e. The Balaban J connectivity index is 1.83. The highest BCUT2D eigenvalue weighted by molar-refractivity contribution is 7.07. The van der Waals surface area contributed by atoms with Gasteiger partial charge in [-0.2, -0.15) is 0 Å². The Morgan fingerprint density at radius 2 is 0.806 bits per heavy atom. The Morgan fingerprint density at radius 3 is 1.19 bits per heavy atom. The molecule has 0 aliphatic heterocycles. The van der Waals surface area contributed by atoms with E-state index in [2.05, 4.69) is 121 Å². The highest BCUT2D eigenvalue weighted by Crippen LogP contribution is 2.22. The van der Waals surface area contributed by atoms with Crippen LogP contribution in [0.5, 0.6) is 0 Å². The lowest BCUT2D eigenvalue weighted by molar-refractivity contribution is 1.32. The molecule has 0 bridgehead atoms. The summed E-state index contributed by atoms with van der Waals surface area (Å²) in [5.41, 5.74) is 7.13. The summed E-state index contributed by atoms with van der Waals surface area (Å²) in [5.74, 6) is 0. The number of nitrogens with zero attached hydrogens (tertiary/aromatic N) is 1. The van der Waals surface area contributed by atoms with Crippen LogP contribution >= 0.6 is 11.3 Å². The molecule has 0 amide bonds. The first-order chi connectivity index (χ1) is 15.4. The van der Waals surface area contributed by atoms with Gasteiger partial charge in [0.25, 0.3) is 0 Å². The molecule has 0 saturated carbocycles. The van der Waals surface area contributed by atoms with Gasteiger partial charge >= 0.3 is 0 Å². The van der Waals surface area contributed by atoms with Crippen molar-refractivity contribution < 1.29 is 0 Å². The van der Waals surface area contributed by atoms with Crippen LogP contribution < -0.4 is 9.20 Å². The average molecular weight is 416 g/mol. The molecule has 1 heterocycles. The number of hydrogen-bond donors (Lipinski definition) is 0. The van der Waals surface area contributed by atoms with Gasteiger partial charge in [-0.25, -0.2) is 4.98 Å². The fourth-order valence-corrected chi connectivity index (χ4v) is 4.88. The lowest BCUT2D eigenvalue weighted by atomic mass is 9.98. The quantitative estimate of drug-likeness (QED) is 0.370. The van der Waals surface area contributed by atoms with Gasteiger partial charge in [0.15, 0.2) is 0 Å². The van der Waals surface area contributed by atoms with Crippen LogP contribution in [-0.4, -0.2) is 4.98 Å². The van der Waals surface area contributed by atoms with Crippen LogP contribution in [-0.2, 0) is 0 Å². The first kappa shape index (κ1) is 19.2. The van der Waals surface area contributed by atoms with Gasteiger partial charge in [-0.3, -0.25) is 0 Å². The zero-order valence-electron chi connectivity index (χ0n) is 17.0. The topological polar surface area (TPSA) is 12.9 Å². The molecule has 31 heavy (non-hydrogen) atoms. The van der Waals surface area contributed by atoms with Crippen LogP contribution in [0.4, 0.5) is 0 Å². The van der Waals surface area contributed by atoms with Gasteiger partial charge in [0.2, 0.25) is 0 Å². The van der Waals surface area contributed by atoms with Crippen molar-refractivity contribution in [2.75, 3.05) is 0 Å². The second kappa shape index (κ2) is 8.95. The first-order valence-corrected chi connectivity index (χ1v) is 11.1. The van der Waals surface area contributed by atoms with Crippen LogP contribution in [0, 0.1) is 0 Å². The molecule has 0 aliphatic carbocycles. The van der Waals surface area contributed by atoms with Crippen LogP contribution in [0.2, 0.25) is 0 Å². The average Bonchev–Trinajstić information content (AvgIpc) is 3.31. The Labute approximate surface area is 186 Å². The molecule has 0 fully saturated rings. The van der Waals surface area contributed by atoms with Gasteiger partial charge in [0.05, 0.1) is 4.53 Å². The Bertz CT molecular complexity index is 1200. The highest BCUT2D eigenvalue weighted by atomic mass is 32.1. The summed E-state index contributed by atoms with van der Waals surface area (Å²) in [4.78, 5) is 4.90. The molecule has 0 radical (unpaired) electrons. The van der Waals surface area contributed by atoms with Crippen LogP contribution in [0.3, 0.4) is 0 Å². The number of thiazole rings is 1. The maximum absolute atomic E-state index is 4.90. The molecule has 0 unspecified atom stereocenters. The molecule has 0 aliphatic rings.